The van der Waals surface area contributed by atoms with Crippen LogP contribution in [0.1, 0.15) is 26.7 Å². The lowest BCUT2D eigenvalue weighted by Crippen LogP contribution is -2.51. The van der Waals surface area contributed by atoms with E-state index in [9.17, 15) is 19.2 Å². The van der Waals surface area contributed by atoms with Crippen LogP contribution in [0.2, 0.25) is 0 Å². The smallest absolute Gasteiger partial charge is 0.326 e. The van der Waals surface area contributed by atoms with E-state index in [1.165, 1.54) is 4.90 Å². The van der Waals surface area contributed by atoms with Gasteiger partial charge in [-0.2, -0.15) is 0 Å². The van der Waals surface area contributed by atoms with Crippen molar-refractivity contribution in [1.29, 1.82) is 0 Å². The summed E-state index contributed by atoms with van der Waals surface area (Å²) in [6, 6.07) is -1.47. The van der Waals surface area contributed by atoms with Crippen molar-refractivity contribution in [2.24, 2.45) is 0 Å². The van der Waals surface area contributed by atoms with Gasteiger partial charge in [-0.25, -0.2) is 9.59 Å². The first-order valence-corrected chi connectivity index (χ1v) is 6.40. The standard InChI is InChI=1S/C12H17N3O5/c1-12(2)10(19)13-11(20)15(12)6-8(16)14-5-3-4-7(14)9(17)18/h7H,3-6H2,1-2H3,(H,17,18)(H,13,19,20). The highest BCUT2D eigenvalue weighted by Crippen LogP contribution is 2.23. The fourth-order valence-corrected chi connectivity index (χ4v) is 2.51. The Morgan fingerprint density at radius 3 is 2.55 bits per heavy atom. The number of nitrogens with one attached hydrogen (secondary N) is 1. The number of rotatable bonds is 3. The number of carboxylic acids is 1. The summed E-state index contributed by atoms with van der Waals surface area (Å²) in [5.74, 6) is -1.96. The molecule has 2 aliphatic rings. The molecule has 0 aromatic heterocycles. The van der Waals surface area contributed by atoms with E-state index in [1.807, 2.05) is 0 Å². The van der Waals surface area contributed by atoms with E-state index in [0.717, 1.165) is 4.90 Å². The van der Waals surface area contributed by atoms with Crippen molar-refractivity contribution in [2.75, 3.05) is 13.1 Å². The van der Waals surface area contributed by atoms with Crippen LogP contribution in [-0.4, -0.2) is 63.4 Å². The van der Waals surface area contributed by atoms with Crippen LogP contribution in [0.3, 0.4) is 0 Å². The van der Waals surface area contributed by atoms with E-state index < -0.39 is 35.4 Å². The Kier molecular flexibility index (Phi) is 3.41. The van der Waals surface area contributed by atoms with E-state index in [-0.39, 0.29) is 6.54 Å². The molecule has 0 bridgehead atoms. The maximum atomic E-state index is 12.2. The predicted octanol–water partition coefficient (Wildman–Crippen LogP) is -0.608. The van der Waals surface area contributed by atoms with Crippen LogP contribution in [0.15, 0.2) is 0 Å². The van der Waals surface area contributed by atoms with Crippen LogP contribution in [0.4, 0.5) is 4.79 Å². The van der Waals surface area contributed by atoms with Gasteiger partial charge in [0, 0.05) is 6.54 Å². The number of urea groups is 1. The van der Waals surface area contributed by atoms with Gasteiger partial charge in [0.05, 0.1) is 0 Å². The number of carbonyl (C=O) groups excluding carboxylic acids is 3. The molecular formula is C12H17N3O5. The van der Waals surface area contributed by atoms with Crippen molar-refractivity contribution in [3.8, 4) is 0 Å². The molecule has 2 rings (SSSR count). The van der Waals surface area contributed by atoms with Crippen LogP contribution in [0.25, 0.3) is 0 Å². The molecule has 0 aromatic rings. The number of amides is 4. The second kappa shape index (κ2) is 4.77. The third kappa shape index (κ3) is 2.21. The second-order valence-corrected chi connectivity index (χ2v) is 5.49. The van der Waals surface area contributed by atoms with Crippen molar-refractivity contribution in [1.82, 2.24) is 15.1 Å². The number of nitrogens with zero attached hydrogens (tertiary/aromatic N) is 2. The van der Waals surface area contributed by atoms with Crippen LogP contribution in [0, 0.1) is 0 Å². The first-order valence-electron chi connectivity index (χ1n) is 6.40. The Bertz CT molecular complexity index is 487. The Morgan fingerprint density at radius 2 is 2.05 bits per heavy atom. The van der Waals surface area contributed by atoms with E-state index in [2.05, 4.69) is 5.32 Å². The summed E-state index contributed by atoms with van der Waals surface area (Å²) >= 11 is 0. The van der Waals surface area contributed by atoms with Gasteiger partial charge in [-0.3, -0.25) is 14.9 Å². The lowest BCUT2D eigenvalue weighted by atomic mass is 10.0. The summed E-state index contributed by atoms with van der Waals surface area (Å²) in [6.45, 7) is 3.15. The average molecular weight is 283 g/mol. The molecule has 2 N–H and O–H groups in total. The van der Waals surface area contributed by atoms with Gasteiger partial charge < -0.3 is 14.9 Å². The molecule has 0 saturated carbocycles. The third-order valence-electron chi connectivity index (χ3n) is 3.85. The minimum atomic E-state index is -1.11. The quantitative estimate of drug-likeness (QED) is 0.672. The van der Waals surface area contributed by atoms with Gasteiger partial charge in [0.15, 0.2) is 0 Å². The number of likely N-dealkylation sites (tertiary alicyclic amines) is 1. The molecule has 2 fully saturated rings. The fraction of sp³-hybridized carbons (Fsp3) is 0.667. The van der Waals surface area contributed by atoms with Gasteiger partial charge in [0.25, 0.3) is 5.91 Å². The highest BCUT2D eigenvalue weighted by molar-refractivity contribution is 6.07. The van der Waals surface area contributed by atoms with Gasteiger partial charge in [0.1, 0.15) is 18.1 Å². The number of aliphatic carboxylic acids is 1. The van der Waals surface area contributed by atoms with Crippen molar-refractivity contribution in [3.63, 3.8) is 0 Å². The largest absolute Gasteiger partial charge is 0.480 e. The summed E-state index contributed by atoms with van der Waals surface area (Å²) in [5.41, 5.74) is -1.11. The van der Waals surface area contributed by atoms with Gasteiger partial charge in [-0.15, -0.1) is 0 Å². The molecular weight excluding hydrogens is 266 g/mol. The Morgan fingerprint density at radius 1 is 1.40 bits per heavy atom. The monoisotopic (exact) mass is 283 g/mol. The lowest BCUT2D eigenvalue weighted by molar-refractivity contribution is -0.148. The molecule has 0 aliphatic carbocycles. The van der Waals surface area contributed by atoms with Gasteiger partial charge >= 0.3 is 12.0 Å². The zero-order valence-electron chi connectivity index (χ0n) is 11.4. The molecule has 2 aliphatic heterocycles. The Balaban J connectivity index is 2.10. The first-order chi connectivity index (χ1) is 9.25. The SMILES string of the molecule is CC1(C)C(=O)NC(=O)N1CC(=O)N1CCCC1C(=O)O. The van der Waals surface area contributed by atoms with Crippen LogP contribution < -0.4 is 5.32 Å². The van der Waals surface area contributed by atoms with E-state index >= 15 is 0 Å². The van der Waals surface area contributed by atoms with Crippen molar-refractivity contribution >= 4 is 23.8 Å². The van der Waals surface area contributed by atoms with E-state index in [0.29, 0.717) is 19.4 Å². The first kappa shape index (κ1) is 14.3. The van der Waals surface area contributed by atoms with Crippen molar-refractivity contribution in [3.05, 3.63) is 0 Å². The molecule has 2 saturated heterocycles. The van der Waals surface area contributed by atoms with Crippen LogP contribution >= 0.6 is 0 Å². The second-order valence-electron chi connectivity index (χ2n) is 5.49. The summed E-state index contributed by atoms with van der Waals surface area (Å²) in [6.07, 6.45) is 1.03. The molecule has 2 heterocycles. The number of imide groups is 1. The molecule has 8 heteroatoms. The highest BCUT2D eigenvalue weighted by Gasteiger charge is 2.47. The Hall–Kier alpha value is -2.12. The fourth-order valence-electron chi connectivity index (χ4n) is 2.51. The predicted molar refractivity (Wildman–Crippen MR) is 66.7 cm³/mol. The molecule has 0 aromatic carbocycles. The van der Waals surface area contributed by atoms with Crippen LogP contribution in [0.5, 0.6) is 0 Å². The summed E-state index contributed by atoms with van der Waals surface area (Å²) in [7, 11) is 0. The normalized spacial score (nSPS) is 25.0. The third-order valence-corrected chi connectivity index (χ3v) is 3.85. The number of carboxylic acid groups (broad SMARTS) is 1. The number of hydrogen-bond donors (Lipinski definition) is 2. The molecule has 0 spiro atoms. The lowest BCUT2D eigenvalue weighted by Gasteiger charge is -2.30. The number of carbonyl (C=O) groups is 4. The van der Waals surface area contributed by atoms with Crippen molar-refractivity contribution < 1.29 is 24.3 Å². The summed E-state index contributed by atoms with van der Waals surface area (Å²) in [5, 5.41) is 11.2. The molecule has 1 unspecified atom stereocenters. The van der Waals surface area contributed by atoms with Crippen molar-refractivity contribution in [2.45, 2.75) is 38.3 Å². The van der Waals surface area contributed by atoms with Gasteiger partial charge in [-0.05, 0) is 26.7 Å². The molecule has 4 amide bonds. The average Bonchev–Trinajstić information content (AvgIpc) is 2.89. The topological polar surface area (TPSA) is 107 Å². The van der Waals surface area contributed by atoms with E-state index in [1.54, 1.807) is 13.8 Å². The molecule has 1 atom stereocenters. The molecule has 20 heavy (non-hydrogen) atoms. The highest BCUT2D eigenvalue weighted by atomic mass is 16.4. The van der Waals surface area contributed by atoms with Gasteiger partial charge in [-0.1, -0.05) is 0 Å². The zero-order chi connectivity index (χ0) is 15.1. The molecule has 0 radical (unpaired) electrons. The minimum Gasteiger partial charge on any atom is -0.480 e. The molecule has 110 valence electrons. The summed E-state index contributed by atoms with van der Waals surface area (Å²) in [4.78, 5) is 48.9. The van der Waals surface area contributed by atoms with E-state index in [4.69, 9.17) is 5.11 Å². The van der Waals surface area contributed by atoms with Crippen LogP contribution in [-0.2, 0) is 14.4 Å². The molecule has 8 nitrogen and oxygen atoms in total. The summed E-state index contributed by atoms with van der Waals surface area (Å²) < 4.78 is 0. The maximum Gasteiger partial charge on any atom is 0.326 e. The maximum absolute atomic E-state index is 12.2. The Labute approximate surface area is 115 Å². The van der Waals surface area contributed by atoms with Gasteiger partial charge in [0.2, 0.25) is 5.91 Å². The number of hydrogen-bond acceptors (Lipinski definition) is 4. The zero-order valence-corrected chi connectivity index (χ0v) is 11.4. The minimum absolute atomic E-state index is 0.297.